The smallest absolute Gasteiger partial charge is 0.123 e. The molecule has 1 atom stereocenters. The fourth-order valence-corrected chi connectivity index (χ4v) is 3.88. The Bertz CT molecular complexity index is 908. The first-order valence-corrected chi connectivity index (χ1v) is 9.64. The molecule has 1 heterocycles. The molecule has 0 spiro atoms. The van der Waals surface area contributed by atoms with Crippen molar-refractivity contribution in [2.24, 2.45) is 0 Å². The van der Waals surface area contributed by atoms with Crippen LogP contribution in [0.4, 0.5) is 4.39 Å². The molecular weight excluding hydrogens is 346 g/mol. The molecule has 1 aliphatic heterocycles. The first kappa shape index (κ1) is 17.3. The van der Waals surface area contributed by atoms with Gasteiger partial charge in [-0.15, -0.1) is 9.24 Å². The standard InChI is InChI=1S/C22H22FO2P/c23-17-7-8-18(22(26)12-17)19(13-20(24)14-3-1-4-14)15-6-9-21-16(11-15)5-2-10-25-21/h6-9,11-13,24H,1-5,10,26H2/b19-13+. The van der Waals surface area contributed by atoms with Crippen LogP contribution in [-0.4, -0.2) is 11.7 Å². The fourth-order valence-electron chi connectivity index (χ4n) is 3.47. The van der Waals surface area contributed by atoms with E-state index in [0.717, 1.165) is 72.0 Å². The highest BCUT2D eigenvalue weighted by atomic mass is 31.0. The third-order valence-corrected chi connectivity index (χ3v) is 5.60. The predicted molar refractivity (Wildman–Crippen MR) is 107 cm³/mol. The molecule has 2 nitrogen and oxygen atoms in total. The van der Waals surface area contributed by atoms with Gasteiger partial charge in [0.05, 0.1) is 6.61 Å². The topological polar surface area (TPSA) is 29.5 Å². The quantitative estimate of drug-likeness (QED) is 0.605. The van der Waals surface area contributed by atoms with E-state index in [1.165, 1.54) is 17.7 Å². The number of rotatable bonds is 3. The highest BCUT2D eigenvalue weighted by Gasteiger charge is 2.17. The largest absolute Gasteiger partial charge is 0.508 e. The van der Waals surface area contributed by atoms with Crippen LogP contribution in [0.3, 0.4) is 0 Å². The molecule has 26 heavy (non-hydrogen) atoms. The zero-order valence-corrected chi connectivity index (χ0v) is 15.7. The number of hydrogen-bond donors (Lipinski definition) is 1. The van der Waals surface area contributed by atoms with Gasteiger partial charge in [-0.3, -0.25) is 0 Å². The van der Waals surface area contributed by atoms with Crippen LogP contribution in [0.25, 0.3) is 5.57 Å². The second-order valence-corrected chi connectivity index (χ2v) is 7.53. The van der Waals surface area contributed by atoms with Gasteiger partial charge in [0, 0.05) is 0 Å². The zero-order valence-electron chi connectivity index (χ0n) is 14.6. The maximum atomic E-state index is 13.6. The summed E-state index contributed by atoms with van der Waals surface area (Å²) in [7, 11) is 2.60. The highest BCUT2D eigenvalue weighted by Crippen LogP contribution is 2.34. The Hall–Kier alpha value is -2.12. The van der Waals surface area contributed by atoms with Gasteiger partial charge in [0.25, 0.3) is 0 Å². The molecule has 2 aromatic carbocycles. The highest BCUT2D eigenvalue weighted by molar-refractivity contribution is 7.27. The van der Waals surface area contributed by atoms with Gasteiger partial charge in [0.15, 0.2) is 0 Å². The van der Waals surface area contributed by atoms with Crippen molar-refractivity contribution in [3.8, 4) is 5.75 Å². The molecule has 134 valence electrons. The van der Waals surface area contributed by atoms with E-state index in [9.17, 15) is 9.50 Å². The fraction of sp³-hybridized carbons (Fsp3) is 0.273. The van der Waals surface area contributed by atoms with Crippen LogP contribution in [-0.2, 0) is 6.42 Å². The Morgan fingerprint density at radius 3 is 2.65 bits per heavy atom. The van der Waals surface area contributed by atoms with E-state index < -0.39 is 0 Å². The maximum absolute atomic E-state index is 13.6. The summed E-state index contributed by atoms with van der Waals surface area (Å²) in [6.45, 7) is 0.760. The third kappa shape index (κ3) is 3.41. The van der Waals surface area contributed by atoms with Crippen molar-refractivity contribution in [2.45, 2.75) is 32.1 Å². The molecular formula is C22H22FO2P. The van der Waals surface area contributed by atoms with Gasteiger partial charge in [-0.1, -0.05) is 12.1 Å². The Morgan fingerprint density at radius 2 is 1.92 bits per heavy atom. The molecule has 0 bridgehead atoms. The number of benzene rings is 2. The number of hydrogen-bond acceptors (Lipinski definition) is 2. The monoisotopic (exact) mass is 368 g/mol. The number of aryl methyl sites for hydroxylation is 1. The summed E-state index contributed by atoms with van der Waals surface area (Å²) < 4.78 is 19.3. The summed E-state index contributed by atoms with van der Waals surface area (Å²) in [6.07, 6.45) is 6.86. The lowest BCUT2D eigenvalue weighted by atomic mass is 9.89. The van der Waals surface area contributed by atoms with E-state index in [-0.39, 0.29) is 5.82 Å². The molecule has 1 aliphatic carbocycles. The van der Waals surface area contributed by atoms with E-state index in [4.69, 9.17) is 4.74 Å². The molecule has 2 aliphatic rings. The second-order valence-electron chi connectivity index (χ2n) is 6.91. The van der Waals surface area contributed by atoms with Gasteiger partial charge in [-0.2, -0.15) is 0 Å². The predicted octanol–water partition coefficient (Wildman–Crippen LogP) is 5.08. The number of fused-ring (bicyclic) bond motifs is 1. The molecule has 1 fully saturated rings. The minimum absolute atomic E-state index is 0.265. The van der Waals surface area contributed by atoms with E-state index in [1.807, 2.05) is 18.2 Å². The molecule has 4 heteroatoms. The summed E-state index contributed by atoms with van der Waals surface area (Å²) >= 11 is 0. The average Bonchev–Trinajstić information content (AvgIpc) is 2.58. The molecule has 0 saturated heterocycles. The van der Waals surface area contributed by atoms with E-state index in [2.05, 4.69) is 15.3 Å². The van der Waals surface area contributed by atoms with E-state index >= 15 is 0 Å². The zero-order chi connectivity index (χ0) is 18.1. The van der Waals surface area contributed by atoms with Crippen LogP contribution in [0.5, 0.6) is 5.75 Å². The van der Waals surface area contributed by atoms with Crippen molar-refractivity contribution in [3.05, 3.63) is 76.3 Å². The van der Waals surface area contributed by atoms with Crippen molar-refractivity contribution in [2.75, 3.05) is 6.61 Å². The van der Waals surface area contributed by atoms with Crippen molar-refractivity contribution in [1.29, 1.82) is 0 Å². The summed E-state index contributed by atoms with van der Waals surface area (Å²) in [6, 6.07) is 10.9. The van der Waals surface area contributed by atoms with Crippen LogP contribution in [0.2, 0.25) is 0 Å². The normalized spacial score (nSPS) is 16.5. The van der Waals surface area contributed by atoms with Crippen LogP contribution in [0, 0.1) is 5.82 Å². The van der Waals surface area contributed by atoms with Crippen molar-refractivity contribution >= 4 is 20.1 Å². The van der Waals surface area contributed by atoms with Gasteiger partial charge >= 0.3 is 0 Å². The lowest BCUT2D eigenvalue weighted by Gasteiger charge is -2.20. The van der Waals surface area contributed by atoms with Crippen LogP contribution < -0.4 is 10.0 Å². The summed E-state index contributed by atoms with van der Waals surface area (Å²) in [5, 5.41) is 11.3. The van der Waals surface area contributed by atoms with Crippen LogP contribution >= 0.6 is 9.24 Å². The van der Waals surface area contributed by atoms with Crippen molar-refractivity contribution in [3.63, 3.8) is 0 Å². The van der Waals surface area contributed by atoms with Gasteiger partial charge in [-0.05, 0) is 95.6 Å². The van der Waals surface area contributed by atoms with Crippen molar-refractivity contribution < 1.29 is 14.2 Å². The second kappa shape index (κ2) is 7.25. The van der Waals surface area contributed by atoms with Crippen molar-refractivity contribution in [1.82, 2.24) is 0 Å². The Labute approximate surface area is 155 Å². The third-order valence-electron chi connectivity index (χ3n) is 5.12. The Kier molecular flexibility index (Phi) is 4.82. The van der Waals surface area contributed by atoms with Gasteiger partial charge in [0.2, 0.25) is 0 Å². The minimum Gasteiger partial charge on any atom is -0.508 e. The molecule has 0 amide bonds. The summed E-state index contributed by atoms with van der Waals surface area (Å²) in [4.78, 5) is 0. The van der Waals surface area contributed by atoms with Gasteiger partial charge < -0.3 is 9.84 Å². The van der Waals surface area contributed by atoms with Gasteiger partial charge in [0.1, 0.15) is 17.3 Å². The number of aliphatic hydroxyl groups excluding tert-OH is 1. The van der Waals surface area contributed by atoms with E-state index in [1.54, 1.807) is 6.07 Å². The molecule has 0 aromatic heterocycles. The first-order valence-electron chi connectivity index (χ1n) is 9.06. The molecule has 0 radical (unpaired) electrons. The maximum Gasteiger partial charge on any atom is 0.123 e. The molecule has 1 saturated carbocycles. The lowest BCUT2D eigenvalue weighted by Crippen LogP contribution is -2.09. The number of halogens is 1. The lowest BCUT2D eigenvalue weighted by molar-refractivity contribution is 0.288. The number of aliphatic hydroxyl groups is 1. The van der Waals surface area contributed by atoms with Crippen LogP contribution in [0.15, 0.2) is 53.8 Å². The Morgan fingerprint density at radius 1 is 1.08 bits per heavy atom. The SMILES string of the molecule is OC(/C=C(\c1ccc2c(c1)CCCO2)c1ccc(F)cc1P)=C1CCC1. The number of allylic oxidation sites excluding steroid dienone is 2. The molecule has 1 unspecified atom stereocenters. The average molecular weight is 368 g/mol. The summed E-state index contributed by atoms with van der Waals surface area (Å²) in [5.41, 5.74) is 5.09. The van der Waals surface area contributed by atoms with Crippen LogP contribution in [0.1, 0.15) is 42.4 Å². The Balaban J connectivity index is 1.84. The van der Waals surface area contributed by atoms with Gasteiger partial charge in [-0.25, -0.2) is 4.39 Å². The molecule has 2 aromatic rings. The summed E-state index contributed by atoms with van der Waals surface area (Å²) in [5.74, 6) is 1.01. The van der Waals surface area contributed by atoms with E-state index in [0.29, 0.717) is 5.76 Å². The first-order chi connectivity index (χ1) is 12.6. The minimum atomic E-state index is -0.265. The molecule has 4 rings (SSSR count). The number of ether oxygens (including phenoxy) is 1. The molecule has 1 N–H and O–H groups in total.